The molecule has 0 saturated carbocycles. The van der Waals surface area contributed by atoms with Gasteiger partial charge < -0.3 is 10.4 Å². The molecule has 1 saturated heterocycles. The third-order valence-corrected chi connectivity index (χ3v) is 3.16. The van der Waals surface area contributed by atoms with Crippen LogP contribution in [0.4, 0.5) is 31.1 Å². The number of nitrogens with one attached hydrogen (secondary N) is 2. The Morgan fingerprint density at radius 3 is 2.35 bits per heavy atom. The summed E-state index contributed by atoms with van der Waals surface area (Å²) in [4.78, 5) is 23.6. The number of urea groups is 1. The van der Waals surface area contributed by atoms with Gasteiger partial charge in [0.2, 0.25) is 5.91 Å². The monoisotopic (exact) mass is 351 g/mol. The second kappa shape index (κ2) is 7.34. The number of nitrogens with zero attached hydrogens (tertiary/aromatic N) is 1. The summed E-state index contributed by atoms with van der Waals surface area (Å²) in [5, 5.41) is 12.2. The molecule has 3 N–H and O–H groups in total. The zero-order valence-corrected chi connectivity index (χ0v) is 11.7. The van der Waals surface area contributed by atoms with Gasteiger partial charge >= 0.3 is 18.4 Å². The number of hydrogen-bond acceptors (Lipinski definition) is 4. The van der Waals surface area contributed by atoms with Crippen molar-refractivity contribution in [3.63, 3.8) is 0 Å². The van der Waals surface area contributed by atoms with E-state index in [0.29, 0.717) is 6.42 Å². The summed E-state index contributed by atoms with van der Waals surface area (Å²) in [6.07, 6.45) is -11.8. The lowest BCUT2D eigenvalue weighted by Crippen LogP contribution is -2.51. The molecular weight excluding hydrogens is 336 g/mol. The molecule has 0 aliphatic carbocycles. The smallest absolute Gasteiger partial charge is 0.382 e. The Kier molecular flexibility index (Phi) is 6.22. The quantitative estimate of drug-likeness (QED) is 0.654. The molecule has 134 valence electrons. The molecule has 6 nitrogen and oxygen atoms in total. The van der Waals surface area contributed by atoms with E-state index in [4.69, 9.17) is 0 Å². The van der Waals surface area contributed by atoms with Crippen LogP contribution in [0.15, 0.2) is 0 Å². The van der Waals surface area contributed by atoms with Gasteiger partial charge in [0, 0.05) is 6.04 Å². The number of amides is 3. The topological polar surface area (TPSA) is 81.7 Å². The van der Waals surface area contributed by atoms with Gasteiger partial charge in [0.25, 0.3) is 0 Å². The third kappa shape index (κ3) is 6.60. The van der Waals surface area contributed by atoms with Gasteiger partial charge in [0.1, 0.15) is 6.54 Å². The van der Waals surface area contributed by atoms with E-state index in [9.17, 15) is 41.0 Å². The fraction of sp³-hybridized carbons (Fsp3) is 0.818. The molecule has 23 heavy (non-hydrogen) atoms. The Balaban J connectivity index is 2.48. The van der Waals surface area contributed by atoms with Crippen LogP contribution >= 0.6 is 0 Å². The minimum Gasteiger partial charge on any atom is -0.382 e. The molecule has 0 spiro atoms. The first-order valence-electron chi connectivity index (χ1n) is 6.53. The van der Waals surface area contributed by atoms with Crippen LogP contribution in [0, 0.1) is 0 Å². The molecular formula is C11H15F6N3O3. The SMILES string of the molecule is O=C(CN1CCC[C@@H]1[C@H](O)C(F)(F)F)NC(=O)NCC(F)(F)F. The molecule has 3 amide bonds. The van der Waals surface area contributed by atoms with Crippen LogP contribution < -0.4 is 10.6 Å². The average Bonchev–Trinajstić information content (AvgIpc) is 2.81. The van der Waals surface area contributed by atoms with Crippen LogP contribution in [0.5, 0.6) is 0 Å². The van der Waals surface area contributed by atoms with Crippen molar-refractivity contribution >= 4 is 11.9 Å². The molecule has 0 radical (unpaired) electrons. The van der Waals surface area contributed by atoms with Gasteiger partial charge in [-0.2, -0.15) is 26.3 Å². The van der Waals surface area contributed by atoms with Crippen molar-refractivity contribution in [1.29, 1.82) is 0 Å². The summed E-state index contributed by atoms with van der Waals surface area (Å²) in [5.74, 6) is -1.06. The normalized spacial score (nSPS) is 21.1. The lowest BCUT2D eigenvalue weighted by atomic mass is 10.1. The zero-order chi connectivity index (χ0) is 17.8. The molecule has 0 aromatic carbocycles. The van der Waals surface area contributed by atoms with Crippen molar-refractivity contribution in [2.75, 3.05) is 19.6 Å². The van der Waals surface area contributed by atoms with Crippen molar-refractivity contribution in [3.8, 4) is 0 Å². The summed E-state index contributed by atoms with van der Waals surface area (Å²) in [6, 6.07) is -2.74. The molecule has 2 atom stereocenters. The van der Waals surface area contributed by atoms with Crippen molar-refractivity contribution < 1.29 is 41.0 Å². The molecule has 1 aliphatic rings. The Bertz CT molecular complexity index is 440. The number of halogens is 6. The highest BCUT2D eigenvalue weighted by Gasteiger charge is 2.47. The van der Waals surface area contributed by atoms with Crippen molar-refractivity contribution in [2.24, 2.45) is 0 Å². The Morgan fingerprint density at radius 2 is 1.83 bits per heavy atom. The van der Waals surface area contributed by atoms with Crippen LogP contribution in [-0.4, -0.2) is 66.1 Å². The van der Waals surface area contributed by atoms with Crippen molar-refractivity contribution in [1.82, 2.24) is 15.5 Å². The molecule has 0 bridgehead atoms. The van der Waals surface area contributed by atoms with Gasteiger partial charge in [-0.25, -0.2) is 4.79 Å². The molecule has 0 aromatic heterocycles. The molecule has 1 fully saturated rings. The fourth-order valence-corrected chi connectivity index (χ4v) is 2.20. The highest BCUT2D eigenvalue weighted by molar-refractivity contribution is 5.95. The van der Waals surface area contributed by atoms with Crippen LogP contribution in [0.25, 0.3) is 0 Å². The molecule has 0 aromatic rings. The first-order valence-corrected chi connectivity index (χ1v) is 6.53. The first kappa shape index (κ1) is 19.5. The second-order valence-electron chi connectivity index (χ2n) is 5.01. The number of rotatable bonds is 4. The number of imide groups is 1. The number of carbonyl (C=O) groups excluding carboxylic acids is 2. The highest BCUT2D eigenvalue weighted by Crippen LogP contribution is 2.30. The summed E-state index contributed by atoms with van der Waals surface area (Å²) >= 11 is 0. The van der Waals surface area contributed by atoms with E-state index in [1.165, 1.54) is 5.32 Å². The van der Waals surface area contributed by atoms with Crippen molar-refractivity contribution in [2.45, 2.75) is 37.3 Å². The molecule has 1 rings (SSSR count). The lowest BCUT2D eigenvalue weighted by Gasteiger charge is -2.29. The van der Waals surface area contributed by atoms with Gasteiger partial charge in [-0.15, -0.1) is 0 Å². The number of carbonyl (C=O) groups is 2. The maximum atomic E-state index is 12.5. The largest absolute Gasteiger partial charge is 0.415 e. The minimum atomic E-state index is -4.85. The maximum Gasteiger partial charge on any atom is 0.415 e. The Hall–Kier alpha value is -1.56. The van der Waals surface area contributed by atoms with Crippen LogP contribution in [0.3, 0.4) is 0 Å². The summed E-state index contributed by atoms with van der Waals surface area (Å²) in [6.45, 7) is -2.20. The number of alkyl halides is 6. The first-order chi connectivity index (χ1) is 10.4. The summed E-state index contributed by atoms with van der Waals surface area (Å²) in [5.41, 5.74) is 0. The van der Waals surface area contributed by atoms with E-state index in [1.54, 1.807) is 5.32 Å². The third-order valence-electron chi connectivity index (χ3n) is 3.16. The maximum absolute atomic E-state index is 12.5. The molecule has 1 aliphatic heterocycles. The van der Waals surface area contributed by atoms with Gasteiger partial charge in [0.15, 0.2) is 6.10 Å². The Morgan fingerprint density at radius 1 is 1.22 bits per heavy atom. The standard InChI is InChI=1S/C11H15F6N3O3/c12-10(13,14)5-18-9(23)19-7(21)4-20-3-1-2-6(20)8(22)11(15,16)17/h6,8,22H,1-5H2,(H2,18,19,21,23)/t6-,8+/m1/s1. The average molecular weight is 351 g/mol. The zero-order valence-electron chi connectivity index (χ0n) is 11.7. The molecule has 12 heteroatoms. The van der Waals surface area contributed by atoms with E-state index in [1.807, 2.05) is 0 Å². The minimum absolute atomic E-state index is 0.00816. The van der Waals surface area contributed by atoms with Gasteiger partial charge in [-0.1, -0.05) is 0 Å². The van der Waals surface area contributed by atoms with E-state index >= 15 is 0 Å². The van der Waals surface area contributed by atoms with Crippen molar-refractivity contribution in [3.05, 3.63) is 0 Å². The van der Waals surface area contributed by atoms with Gasteiger partial charge in [0.05, 0.1) is 6.54 Å². The Labute approximate surface area is 126 Å². The van der Waals surface area contributed by atoms with Gasteiger partial charge in [-0.3, -0.25) is 15.0 Å². The second-order valence-corrected chi connectivity index (χ2v) is 5.01. The fourth-order valence-electron chi connectivity index (χ4n) is 2.20. The van der Waals surface area contributed by atoms with Crippen LogP contribution in [0.2, 0.25) is 0 Å². The number of aliphatic hydroxyl groups excluding tert-OH is 1. The van der Waals surface area contributed by atoms with E-state index < -0.39 is 49.5 Å². The molecule has 0 unspecified atom stereocenters. The van der Waals surface area contributed by atoms with Gasteiger partial charge in [-0.05, 0) is 19.4 Å². The van der Waals surface area contributed by atoms with Crippen LogP contribution in [0.1, 0.15) is 12.8 Å². The lowest BCUT2D eigenvalue weighted by molar-refractivity contribution is -0.219. The molecule has 1 heterocycles. The summed E-state index contributed by atoms with van der Waals surface area (Å²) in [7, 11) is 0. The number of likely N-dealkylation sites (tertiary alicyclic amines) is 1. The number of aliphatic hydroxyl groups is 1. The summed E-state index contributed by atoms with van der Waals surface area (Å²) < 4.78 is 73.0. The van der Waals surface area contributed by atoms with E-state index in [-0.39, 0.29) is 13.0 Å². The predicted molar refractivity (Wildman–Crippen MR) is 64.3 cm³/mol. The highest BCUT2D eigenvalue weighted by atomic mass is 19.4. The van der Waals surface area contributed by atoms with Crippen LogP contribution in [-0.2, 0) is 4.79 Å². The predicted octanol–water partition coefficient (Wildman–Crippen LogP) is 0.762. The van der Waals surface area contributed by atoms with E-state index in [2.05, 4.69) is 0 Å². The number of hydrogen-bond donors (Lipinski definition) is 3. The van der Waals surface area contributed by atoms with E-state index in [0.717, 1.165) is 4.90 Å².